The van der Waals surface area contributed by atoms with Gasteiger partial charge in [-0.15, -0.1) is 0 Å². The van der Waals surface area contributed by atoms with Crippen LogP contribution in [0.3, 0.4) is 0 Å². The van der Waals surface area contributed by atoms with Gasteiger partial charge in [-0.1, -0.05) is 53.0 Å². The van der Waals surface area contributed by atoms with E-state index in [0.717, 1.165) is 48.1 Å². The number of para-hydroxylation sites is 1. The molecule has 0 spiro atoms. The lowest BCUT2D eigenvalue weighted by molar-refractivity contribution is 0.388. The van der Waals surface area contributed by atoms with E-state index in [1.165, 1.54) is 0 Å². The monoisotopic (exact) mass is 521 g/mol. The zero-order chi connectivity index (χ0) is 23.5. The fraction of sp³-hybridized carbons (Fsp3) is 0.333. The van der Waals surface area contributed by atoms with Gasteiger partial charge in [0.15, 0.2) is 5.11 Å². The second-order valence-corrected chi connectivity index (χ2v) is 10.1. The Bertz CT molecular complexity index is 1140. The van der Waals surface area contributed by atoms with Gasteiger partial charge in [0.1, 0.15) is 5.82 Å². The molecule has 0 saturated heterocycles. The molecule has 1 aromatic heterocycles. The third kappa shape index (κ3) is 5.93. The summed E-state index contributed by atoms with van der Waals surface area (Å²) in [5, 5.41) is 13.1. The molecule has 3 aromatic rings. The molecule has 1 heterocycles. The maximum atomic E-state index is 6.25. The number of rotatable bonds is 5. The van der Waals surface area contributed by atoms with E-state index in [2.05, 4.69) is 53.1 Å². The number of benzene rings is 2. The number of hydrogen-bond donors (Lipinski definition) is 3. The van der Waals surface area contributed by atoms with E-state index < -0.39 is 0 Å². The fourth-order valence-corrected chi connectivity index (χ4v) is 5.37. The highest BCUT2D eigenvalue weighted by molar-refractivity contribution is 7.80. The molecule has 0 unspecified atom stereocenters. The van der Waals surface area contributed by atoms with Crippen LogP contribution < -0.4 is 20.9 Å². The molecule has 1 aliphatic carbocycles. The predicted molar refractivity (Wildman–Crippen MR) is 147 cm³/mol. The van der Waals surface area contributed by atoms with Crippen LogP contribution in [-0.2, 0) is 0 Å². The van der Waals surface area contributed by atoms with Gasteiger partial charge >= 0.3 is 0 Å². The number of pyridine rings is 1. The summed E-state index contributed by atoms with van der Waals surface area (Å²) in [6.07, 6.45) is 4.04. The van der Waals surface area contributed by atoms with E-state index >= 15 is 0 Å². The van der Waals surface area contributed by atoms with Crippen LogP contribution in [0.5, 0.6) is 0 Å². The number of hydrogen-bond acceptors (Lipinski definition) is 4. The van der Waals surface area contributed by atoms with Crippen LogP contribution in [0.2, 0.25) is 15.1 Å². The second-order valence-electron chi connectivity index (χ2n) is 8.47. The average molecular weight is 523 g/mol. The summed E-state index contributed by atoms with van der Waals surface area (Å²) in [6.45, 7) is 0. The summed E-state index contributed by atoms with van der Waals surface area (Å²) >= 11 is 24.0. The number of aromatic nitrogens is 1. The molecule has 0 aliphatic heterocycles. The number of halogens is 3. The Kier molecular flexibility index (Phi) is 7.69. The van der Waals surface area contributed by atoms with E-state index in [9.17, 15) is 0 Å². The summed E-state index contributed by atoms with van der Waals surface area (Å²) in [5.74, 6) is 0.915. The third-order valence-electron chi connectivity index (χ3n) is 5.84. The molecule has 1 fully saturated rings. The highest BCUT2D eigenvalue weighted by atomic mass is 35.5. The van der Waals surface area contributed by atoms with Gasteiger partial charge < -0.3 is 20.9 Å². The molecular weight excluding hydrogens is 497 g/mol. The quantitative estimate of drug-likeness (QED) is 0.315. The Morgan fingerprint density at radius 1 is 0.970 bits per heavy atom. The van der Waals surface area contributed by atoms with Gasteiger partial charge in [-0.3, -0.25) is 0 Å². The van der Waals surface area contributed by atoms with E-state index in [1.54, 1.807) is 12.1 Å². The molecule has 2 aromatic carbocycles. The Balaban J connectivity index is 1.34. The van der Waals surface area contributed by atoms with E-state index in [0.29, 0.717) is 31.9 Å². The Hall–Kier alpha value is -1.99. The molecule has 0 radical (unpaired) electrons. The molecular formula is C24H26Cl3N5S. The van der Waals surface area contributed by atoms with E-state index in [1.807, 2.05) is 12.1 Å². The second kappa shape index (κ2) is 10.5. The van der Waals surface area contributed by atoms with E-state index in [-0.39, 0.29) is 6.04 Å². The van der Waals surface area contributed by atoms with Gasteiger partial charge in [-0.2, -0.15) is 0 Å². The van der Waals surface area contributed by atoms with Crippen molar-refractivity contribution in [1.29, 1.82) is 0 Å². The summed E-state index contributed by atoms with van der Waals surface area (Å²) in [7, 11) is 4.12. The largest absolute Gasteiger partial charge is 0.377 e. The summed E-state index contributed by atoms with van der Waals surface area (Å²) in [6, 6.07) is 14.3. The van der Waals surface area contributed by atoms with E-state index in [4.69, 9.17) is 52.0 Å². The molecule has 1 aliphatic rings. The highest BCUT2D eigenvalue weighted by Gasteiger charge is 2.23. The van der Waals surface area contributed by atoms with Crippen molar-refractivity contribution in [2.24, 2.45) is 0 Å². The molecule has 5 nitrogen and oxygen atoms in total. The van der Waals surface area contributed by atoms with Crippen molar-refractivity contribution in [3.05, 3.63) is 57.5 Å². The number of nitrogens with zero attached hydrogens (tertiary/aromatic N) is 2. The number of thiocarbonyl (C=S) groups is 1. The number of fused-ring (bicyclic) bond motifs is 1. The topological polar surface area (TPSA) is 52.2 Å². The smallest absolute Gasteiger partial charge is 0.171 e. The van der Waals surface area contributed by atoms with Crippen molar-refractivity contribution in [1.82, 2.24) is 10.3 Å². The van der Waals surface area contributed by atoms with Crippen LogP contribution in [0.1, 0.15) is 25.7 Å². The van der Waals surface area contributed by atoms with Gasteiger partial charge in [0.05, 0.1) is 21.2 Å². The average Bonchev–Trinajstić information content (AvgIpc) is 2.77. The van der Waals surface area contributed by atoms with Crippen molar-refractivity contribution in [3.63, 3.8) is 0 Å². The van der Waals surface area contributed by atoms with Crippen LogP contribution in [0.4, 0.5) is 17.2 Å². The summed E-state index contributed by atoms with van der Waals surface area (Å²) in [5.41, 5.74) is 2.72. The van der Waals surface area contributed by atoms with Gasteiger partial charge in [0.25, 0.3) is 0 Å². The van der Waals surface area contributed by atoms with Gasteiger partial charge in [-0.05, 0) is 56.1 Å². The maximum absolute atomic E-state index is 6.25. The maximum Gasteiger partial charge on any atom is 0.171 e. The molecule has 1 saturated carbocycles. The Morgan fingerprint density at radius 2 is 1.61 bits per heavy atom. The summed E-state index contributed by atoms with van der Waals surface area (Å²) in [4.78, 5) is 6.96. The molecule has 9 heteroatoms. The van der Waals surface area contributed by atoms with Gasteiger partial charge in [-0.25, -0.2) is 4.98 Å². The number of anilines is 3. The first-order valence-electron chi connectivity index (χ1n) is 10.9. The van der Waals surface area contributed by atoms with Crippen molar-refractivity contribution in [2.75, 3.05) is 29.6 Å². The first-order valence-corrected chi connectivity index (χ1v) is 12.4. The molecule has 0 atom stereocenters. The Morgan fingerprint density at radius 3 is 2.27 bits per heavy atom. The predicted octanol–water partition coefficient (Wildman–Crippen LogP) is 6.97. The van der Waals surface area contributed by atoms with Crippen LogP contribution in [-0.4, -0.2) is 36.3 Å². The fourth-order valence-electron chi connectivity index (χ4n) is 4.19. The van der Waals surface area contributed by atoms with Gasteiger partial charge in [0.2, 0.25) is 0 Å². The first kappa shape index (κ1) is 24.1. The lowest BCUT2D eigenvalue weighted by Crippen LogP contribution is -2.42. The lowest BCUT2D eigenvalue weighted by atomic mass is 9.91. The van der Waals surface area contributed by atoms with Crippen molar-refractivity contribution < 1.29 is 0 Å². The normalized spacial score (nSPS) is 18.1. The van der Waals surface area contributed by atoms with Gasteiger partial charge in [0, 0.05) is 48.3 Å². The molecule has 0 amide bonds. The zero-order valence-corrected chi connectivity index (χ0v) is 21.5. The molecule has 3 N–H and O–H groups in total. The minimum absolute atomic E-state index is 0.287. The van der Waals surface area contributed by atoms with Crippen molar-refractivity contribution >= 4 is 80.2 Å². The minimum atomic E-state index is 0.287. The standard InChI is InChI=1S/C24H26Cl3N5S/c1-32(2)21-13-22(30-20-6-4-3-5-17(20)21)28-15-7-9-16(10-8-15)29-24(33)31-23-18(26)11-14(25)12-19(23)27/h3-6,11-13,15-16H,7-10H2,1-2H3,(H,28,30)(H2,29,31,33)/t15-,16+. The number of nitrogens with one attached hydrogen (secondary N) is 3. The lowest BCUT2D eigenvalue weighted by Gasteiger charge is -2.31. The van der Waals surface area contributed by atoms with Crippen molar-refractivity contribution in [2.45, 2.75) is 37.8 Å². The molecule has 0 bridgehead atoms. The minimum Gasteiger partial charge on any atom is -0.377 e. The van der Waals surface area contributed by atoms with Crippen molar-refractivity contribution in [3.8, 4) is 0 Å². The third-order valence-corrected chi connectivity index (χ3v) is 6.87. The molecule has 174 valence electrons. The molecule has 33 heavy (non-hydrogen) atoms. The Labute approximate surface area is 214 Å². The molecule has 4 rings (SSSR count). The van der Waals surface area contributed by atoms with Crippen LogP contribution in [0.25, 0.3) is 10.9 Å². The zero-order valence-electron chi connectivity index (χ0n) is 18.5. The highest BCUT2D eigenvalue weighted by Crippen LogP contribution is 2.34. The van der Waals surface area contributed by atoms with Crippen LogP contribution in [0, 0.1) is 0 Å². The summed E-state index contributed by atoms with van der Waals surface area (Å²) < 4.78 is 0. The van der Waals surface area contributed by atoms with Crippen LogP contribution >= 0.6 is 47.0 Å². The SMILES string of the molecule is CN(C)c1cc(N[C@H]2CC[C@@H](NC(=S)Nc3c(Cl)cc(Cl)cc3Cl)CC2)nc2ccccc12. The van der Waals surface area contributed by atoms with Crippen LogP contribution in [0.15, 0.2) is 42.5 Å². The first-order chi connectivity index (χ1) is 15.8.